The van der Waals surface area contributed by atoms with E-state index < -0.39 is 0 Å². The first-order valence-corrected chi connectivity index (χ1v) is 20.8. The van der Waals surface area contributed by atoms with Crippen LogP contribution < -0.4 is 0 Å². The number of fused-ring (bicyclic) bond motifs is 3. The van der Waals surface area contributed by atoms with Crippen LogP contribution in [-0.4, -0.2) is 0 Å². The molecular weight excluding hydrogens is 721 g/mol. The van der Waals surface area contributed by atoms with E-state index in [9.17, 15) is 0 Å². The van der Waals surface area contributed by atoms with Gasteiger partial charge in [0.05, 0.1) is 0 Å². The van der Waals surface area contributed by atoms with Crippen molar-refractivity contribution >= 4 is 32.3 Å². The Morgan fingerprint density at radius 2 is 0.600 bits per heavy atom. The second-order valence-electron chi connectivity index (χ2n) is 15.6. The van der Waals surface area contributed by atoms with Gasteiger partial charge in [-0.05, 0) is 134 Å². The topological polar surface area (TPSA) is 0 Å². The molecule has 0 spiro atoms. The van der Waals surface area contributed by atoms with Gasteiger partial charge in [0, 0.05) is 0 Å². The average Bonchev–Trinajstić information content (AvgIpc) is 3.33. The third kappa shape index (κ3) is 6.27. The Bertz CT molecular complexity index is 3280. The van der Waals surface area contributed by atoms with Crippen LogP contribution in [0, 0.1) is 0 Å². The van der Waals surface area contributed by atoms with E-state index in [1.54, 1.807) is 0 Å². The molecule has 0 bridgehead atoms. The monoisotopic (exact) mass is 760 g/mol. The Morgan fingerprint density at radius 1 is 0.167 bits per heavy atom. The van der Waals surface area contributed by atoms with Crippen LogP contribution >= 0.6 is 0 Å². The van der Waals surface area contributed by atoms with Gasteiger partial charge in [-0.2, -0.15) is 0 Å². The highest BCUT2D eigenvalue weighted by molar-refractivity contribution is 6.22. The van der Waals surface area contributed by atoms with Crippen LogP contribution in [0.25, 0.3) is 110 Å². The maximum atomic E-state index is 2.45. The lowest BCUT2D eigenvalue weighted by Gasteiger charge is -2.20. The first-order valence-electron chi connectivity index (χ1n) is 20.8. The minimum Gasteiger partial charge on any atom is -0.0622 e. The van der Waals surface area contributed by atoms with Gasteiger partial charge in [0.25, 0.3) is 0 Å². The average molecular weight is 761 g/mol. The van der Waals surface area contributed by atoms with Crippen molar-refractivity contribution in [3.05, 3.63) is 243 Å². The summed E-state index contributed by atoms with van der Waals surface area (Å²) in [5, 5.41) is 7.45. The van der Waals surface area contributed by atoms with Crippen molar-refractivity contribution in [2.24, 2.45) is 0 Å². The molecule has 0 amide bonds. The fourth-order valence-corrected chi connectivity index (χ4v) is 9.32. The molecule has 0 fully saturated rings. The largest absolute Gasteiger partial charge is 0.0622 e. The van der Waals surface area contributed by atoms with Crippen LogP contribution in [0.2, 0.25) is 0 Å². The van der Waals surface area contributed by atoms with E-state index >= 15 is 0 Å². The molecule has 11 aromatic rings. The highest BCUT2D eigenvalue weighted by atomic mass is 14.2. The molecule has 0 radical (unpaired) electrons. The van der Waals surface area contributed by atoms with Gasteiger partial charge < -0.3 is 0 Å². The smallest absolute Gasteiger partial charge is 0.00261 e. The molecule has 280 valence electrons. The van der Waals surface area contributed by atoms with Crippen molar-refractivity contribution in [3.63, 3.8) is 0 Å². The van der Waals surface area contributed by atoms with Crippen molar-refractivity contribution in [2.75, 3.05) is 0 Å². The molecule has 0 N–H and O–H groups in total. The minimum absolute atomic E-state index is 1.19. The standard InChI is InChI=1S/C60H40/c1-4-19-41(20-5-1)44-25-18-26-45(37-44)50-28-12-13-30-52(50)58-40-48(51-29-11-10-27-49(51)42-21-6-2-7-22-42)38-46-35-36-47(39-57(46)58)60-55-33-16-14-31-53(55)59(43-23-8-3-9-24-43)54-32-15-17-34-56(54)60/h1-40H. The summed E-state index contributed by atoms with van der Waals surface area (Å²) in [7, 11) is 0. The van der Waals surface area contributed by atoms with E-state index in [-0.39, 0.29) is 0 Å². The summed E-state index contributed by atoms with van der Waals surface area (Å²) >= 11 is 0. The summed E-state index contributed by atoms with van der Waals surface area (Å²) in [4.78, 5) is 0. The molecule has 0 aliphatic carbocycles. The van der Waals surface area contributed by atoms with Gasteiger partial charge in [-0.25, -0.2) is 0 Å². The molecule has 0 aliphatic rings. The molecule has 0 heterocycles. The summed E-state index contributed by atoms with van der Waals surface area (Å²) in [5.41, 5.74) is 17.1. The first kappa shape index (κ1) is 35.4. The minimum atomic E-state index is 1.19. The summed E-state index contributed by atoms with van der Waals surface area (Å²) in [6, 6.07) is 88.8. The van der Waals surface area contributed by atoms with Gasteiger partial charge in [-0.1, -0.05) is 218 Å². The molecule has 0 aliphatic heterocycles. The molecule has 0 saturated carbocycles. The SMILES string of the molecule is c1ccc(-c2cccc(-c3ccccc3-c3cc(-c4ccccc4-c4ccccc4)cc4ccc(-c5c6ccccc6c(-c6ccccc6)c6ccccc56)cc34)c2)cc1. The lowest BCUT2D eigenvalue weighted by atomic mass is 9.84. The molecule has 0 saturated heterocycles. The second-order valence-corrected chi connectivity index (χ2v) is 15.6. The van der Waals surface area contributed by atoms with Gasteiger partial charge in [0.1, 0.15) is 0 Å². The fraction of sp³-hybridized carbons (Fsp3) is 0. The zero-order valence-corrected chi connectivity index (χ0v) is 33.1. The van der Waals surface area contributed by atoms with E-state index in [0.717, 1.165) is 0 Å². The first-order chi connectivity index (χ1) is 29.8. The van der Waals surface area contributed by atoms with Crippen LogP contribution in [0.15, 0.2) is 243 Å². The van der Waals surface area contributed by atoms with Crippen molar-refractivity contribution in [1.29, 1.82) is 0 Å². The molecular formula is C60H40. The lowest BCUT2D eigenvalue weighted by Crippen LogP contribution is -1.93. The van der Waals surface area contributed by atoms with Crippen LogP contribution in [0.1, 0.15) is 0 Å². The third-order valence-electron chi connectivity index (χ3n) is 12.1. The molecule has 11 aromatic carbocycles. The Balaban J connectivity index is 1.19. The molecule has 11 rings (SSSR count). The van der Waals surface area contributed by atoms with Crippen molar-refractivity contribution < 1.29 is 0 Å². The Morgan fingerprint density at radius 3 is 1.20 bits per heavy atom. The molecule has 0 heteroatoms. The molecule has 0 unspecified atom stereocenters. The second kappa shape index (κ2) is 15.2. The number of hydrogen-bond donors (Lipinski definition) is 0. The van der Waals surface area contributed by atoms with Gasteiger partial charge in [0.2, 0.25) is 0 Å². The predicted octanol–water partition coefficient (Wildman–Crippen LogP) is 16.8. The summed E-state index contributed by atoms with van der Waals surface area (Å²) < 4.78 is 0. The van der Waals surface area contributed by atoms with Crippen LogP contribution in [0.4, 0.5) is 0 Å². The van der Waals surface area contributed by atoms with Crippen molar-refractivity contribution in [3.8, 4) is 77.9 Å². The molecule has 0 nitrogen and oxygen atoms in total. The Kier molecular flexibility index (Phi) is 8.95. The Labute approximate surface area is 351 Å². The maximum absolute atomic E-state index is 2.45. The van der Waals surface area contributed by atoms with Gasteiger partial charge in [-0.3, -0.25) is 0 Å². The molecule has 60 heavy (non-hydrogen) atoms. The van der Waals surface area contributed by atoms with Gasteiger partial charge in [-0.15, -0.1) is 0 Å². The van der Waals surface area contributed by atoms with Crippen LogP contribution in [0.3, 0.4) is 0 Å². The molecule has 0 aromatic heterocycles. The van der Waals surface area contributed by atoms with Crippen LogP contribution in [-0.2, 0) is 0 Å². The lowest BCUT2D eigenvalue weighted by molar-refractivity contribution is 1.57. The number of rotatable bonds is 7. The highest BCUT2D eigenvalue weighted by Crippen LogP contribution is 2.47. The zero-order chi connectivity index (χ0) is 39.8. The van der Waals surface area contributed by atoms with Gasteiger partial charge >= 0.3 is 0 Å². The van der Waals surface area contributed by atoms with E-state index in [2.05, 4.69) is 243 Å². The van der Waals surface area contributed by atoms with Gasteiger partial charge in [0.15, 0.2) is 0 Å². The third-order valence-corrected chi connectivity index (χ3v) is 12.1. The van der Waals surface area contributed by atoms with E-state index in [1.165, 1.54) is 110 Å². The normalized spacial score (nSPS) is 11.3. The maximum Gasteiger partial charge on any atom is -0.00261 e. The predicted molar refractivity (Wildman–Crippen MR) is 257 cm³/mol. The number of benzene rings is 11. The van der Waals surface area contributed by atoms with E-state index in [0.29, 0.717) is 0 Å². The number of hydrogen-bond acceptors (Lipinski definition) is 0. The summed E-state index contributed by atoms with van der Waals surface area (Å²) in [5.74, 6) is 0. The van der Waals surface area contributed by atoms with E-state index in [4.69, 9.17) is 0 Å². The van der Waals surface area contributed by atoms with Crippen LogP contribution in [0.5, 0.6) is 0 Å². The fourth-order valence-electron chi connectivity index (χ4n) is 9.32. The quantitative estimate of drug-likeness (QED) is 0.142. The van der Waals surface area contributed by atoms with Crippen molar-refractivity contribution in [1.82, 2.24) is 0 Å². The van der Waals surface area contributed by atoms with E-state index in [1.807, 2.05) is 0 Å². The highest BCUT2D eigenvalue weighted by Gasteiger charge is 2.19. The zero-order valence-electron chi connectivity index (χ0n) is 33.1. The summed E-state index contributed by atoms with van der Waals surface area (Å²) in [6.45, 7) is 0. The summed E-state index contributed by atoms with van der Waals surface area (Å²) in [6.07, 6.45) is 0. The Hall–Kier alpha value is -7.80. The molecule has 0 atom stereocenters. The van der Waals surface area contributed by atoms with Crippen molar-refractivity contribution in [2.45, 2.75) is 0 Å².